The van der Waals surface area contributed by atoms with Crippen LogP contribution in [0.3, 0.4) is 0 Å². The van der Waals surface area contributed by atoms with Crippen LogP contribution in [0.5, 0.6) is 11.5 Å². The number of para-hydroxylation sites is 2. The summed E-state index contributed by atoms with van der Waals surface area (Å²) < 4.78 is 11.7. The van der Waals surface area contributed by atoms with Gasteiger partial charge >= 0.3 is 0 Å². The fourth-order valence-electron chi connectivity index (χ4n) is 2.49. The van der Waals surface area contributed by atoms with Crippen molar-refractivity contribution in [2.75, 3.05) is 6.61 Å². The van der Waals surface area contributed by atoms with Gasteiger partial charge in [-0.05, 0) is 24.6 Å². The van der Waals surface area contributed by atoms with Crippen LogP contribution >= 0.6 is 0 Å². The van der Waals surface area contributed by atoms with Crippen molar-refractivity contribution in [1.29, 1.82) is 0 Å². The monoisotopic (exact) mass is 270 g/mol. The van der Waals surface area contributed by atoms with Crippen LogP contribution in [0.1, 0.15) is 24.2 Å². The minimum absolute atomic E-state index is 0.0365. The summed E-state index contributed by atoms with van der Waals surface area (Å²) in [6.07, 6.45) is 0.370. The lowest BCUT2D eigenvalue weighted by molar-refractivity contribution is 0.141. The first kappa shape index (κ1) is 13.0. The lowest BCUT2D eigenvalue weighted by Gasteiger charge is -2.16. The SMILES string of the molecule is C[C@H](O)c1ccccc1OCC1Cc2ccccc2O1. The molecule has 0 spiro atoms. The molecule has 1 aliphatic heterocycles. The highest BCUT2D eigenvalue weighted by Gasteiger charge is 2.23. The Morgan fingerprint density at radius 3 is 2.75 bits per heavy atom. The van der Waals surface area contributed by atoms with Crippen LogP contribution in [-0.4, -0.2) is 17.8 Å². The van der Waals surface area contributed by atoms with Gasteiger partial charge in [0.2, 0.25) is 0 Å². The van der Waals surface area contributed by atoms with Gasteiger partial charge in [0.05, 0.1) is 6.10 Å². The van der Waals surface area contributed by atoms with Gasteiger partial charge in [-0.15, -0.1) is 0 Å². The minimum atomic E-state index is -0.534. The van der Waals surface area contributed by atoms with Gasteiger partial charge in [0.15, 0.2) is 0 Å². The molecule has 1 heterocycles. The molecule has 0 amide bonds. The van der Waals surface area contributed by atoms with Crippen LogP contribution in [0, 0.1) is 0 Å². The summed E-state index contributed by atoms with van der Waals surface area (Å²) in [5.74, 6) is 1.67. The van der Waals surface area contributed by atoms with Crippen molar-refractivity contribution in [2.24, 2.45) is 0 Å². The zero-order valence-electron chi connectivity index (χ0n) is 11.5. The van der Waals surface area contributed by atoms with E-state index >= 15 is 0 Å². The first-order valence-corrected chi connectivity index (χ1v) is 6.88. The van der Waals surface area contributed by atoms with E-state index in [9.17, 15) is 5.11 Å². The maximum atomic E-state index is 9.73. The molecule has 0 fully saturated rings. The van der Waals surface area contributed by atoms with Crippen molar-refractivity contribution in [2.45, 2.75) is 25.6 Å². The minimum Gasteiger partial charge on any atom is -0.489 e. The molecule has 3 rings (SSSR count). The van der Waals surface area contributed by atoms with E-state index in [-0.39, 0.29) is 6.10 Å². The summed E-state index contributed by atoms with van der Waals surface area (Å²) in [6, 6.07) is 15.6. The smallest absolute Gasteiger partial charge is 0.137 e. The van der Waals surface area contributed by atoms with Crippen LogP contribution in [0.2, 0.25) is 0 Å². The van der Waals surface area contributed by atoms with Crippen molar-refractivity contribution in [3.8, 4) is 11.5 Å². The second-order valence-corrected chi connectivity index (χ2v) is 5.08. The van der Waals surface area contributed by atoms with Crippen molar-refractivity contribution < 1.29 is 14.6 Å². The summed E-state index contributed by atoms with van der Waals surface area (Å²) in [5, 5.41) is 9.73. The van der Waals surface area contributed by atoms with E-state index in [0.29, 0.717) is 6.61 Å². The van der Waals surface area contributed by atoms with E-state index in [0.717, 1.165) is 23.5 Å². The molecule has 0 saturated carbocycles. The Hall–Kier alpha value is -2.00. The number of aliphatic hydroxyl groups excluding tert-OH is 1. The van der Waals surface area contributed by atoms with Gasteiger partial charge in [-0.2, -0.15) is 0 Å². The quantitative estimate of drug-likeness (QED) is 0.927. The molecule has 1 N–H and O–H groups in total. The van der Waals surface area contributed by atoms with Crippen LogP contribution in [0.15, 0.2) is 48.5 Å². The molecule has 104 valence electrons. The second kappa shape index (κ2) is 5.55. The first-order chi connectivity index (χ1) is 9.74. The highest BCUT2D eigenvalue weighted by atomic mass is 16.5. The maximum absolute atomic E-state index is 9.73. The third-order valence-corrected chi connectivity index (χ3v) is 3.51. The highest BCUT2D eigenvalue weighted by Crippen LogP contribution is 2.29. The summed E-state index contributed by atoms with van der Waals surface area (Å²) in [7, 11) is 0. The van der Waals surface area contributed by atoms with E-state index in [1.807, 2.05) is 42.5 Å². The molecule has 1 unspecified atom stereocenters. The van der Waals surface area contributed by atoms with Gasteiger partial charge in [0, 0.05) is 12.0 Å². The summed E-state index contributed by atoms with van der Waals surface area (Å²) in [5.41, 5.74) is 2.04. The number of fused-ring (bicyclic) bond motifs is 1. The predicted octanol–water partition coefficient (Wildman–Crippen LogP) is 3.12. The Balaban J connectivity index is 1.65. The Morgan fingerprint density at radius 2 is 1.95 bits per heavy atom. The molecule has 3 nitrogen and oxygen atoms in total. The molecule has 0 aliphatic carbocycles. The van der Waals surface area contributed by atoms with Crippen LogP contribution in [0.25, 0.3) is 0 Å². The number of ether oxygens (including phenoxy) is 2. The van der Waals surface area contributed by atoms with Gasteiger partial charge in [0.1, 0.15) is 24.2 Å². The fraction of sp³-hybridized carbons (Fsp3) is 0.294. The predicted molar refractivity (Wildman–Crippen MR) is 77.1 cm³/mol. The average molecular weight is 270 g/mol. The van der Waals surface area contributed by atoms with Gasteiger partial charge in [-0.25, -0.2) is 0 Å². The van der Waals surface area contributed by atoms with Crippen molar-refractivity contribution in [1.82, 2.24) is 0 Å². The summed E-state index contributed by atoms with van der Waals surface area (Å²) in [4.78, 5) is 0. The number of aliphatic hydroxyl groups is 1. The molecular weight excluding hydrogens is 252 g/mol. The zero-order chi connectivity index (χ0) is 13.9. The van der Waals surface area contributed by atoms with E-state index < -0.39 is 6.10 Å². The second-order valence-electron chi connectivity index (χ2n) is 5.08. The van der Waals surface area contributed by atoms with Crippen molar-refractivity contribution in [3.63, 3.8) is 0 Å². The molecule has 0 saturated heterocycles. The number of hydrogen-bond acceptors (Lipinski definition) is 3. The van der Waals surface area contributed by atoms with Crippen molar-refractivity contribution in [3.05, 3.63) is 59.7 Å². The topological polar surface area (TPSA) is 38.7 Å². The van der Waals surface area contributed by atoms with Crippen LogP contribution in [0.4, 0.5) is 0 Å². The zero-order valence-corrected chi connectivity index (χ0v) is 11.5. The van der Waals surface area contributed by atoms with E-state index in [2.05, 4.69) is 6.07 Å². The Labute approximate surface area is 118 Å². The van der Waals surface area contributed by atoms with E-state index in [1.54, 1.807) is 6.92 Å². The first-order valence-electron chi connectivity index (χ1n) is 6.88. The molecule has 1 aliphatic rings. The molecule has 2 aromatic rings. The van der Waals surface area contributed by atoms with E-state index in [1.165, 1.54) is 5.56 Å². The Morgan fingerprint density at radius 1 is 1.20 bits per heavy atom. The van der Waals surface area contributed by atoms with Crippen LogP contribution < -0.4 is 9.47 Å². The maximum Gasteiger partial charge on any atom is 0.137 e. The molecule has 0 bridgehead atoms. The highest BCUT2D eigenvalue weighted by molar-refractivity contribution is 5.38. The third-order valence-electron chi connectivity index (χ3n) is 3.51. The molecule has 2 atom stereocenters. The molecular formula is C17H18O3. The normalized spacial score (nSPS) is 18.2. The van der Waals surface area contributed by atoms with Gasteiger partial charge in [-0.1, -0.05) is 36.4 Å². The van der Waals surface area contributed by atoms with E-state index in [4.69, 9.17) is 9.47 Å². The van der Waals surface area contributed by atoms with Crippen molar-refractivity contribution >= 4 is 0 Å². The largest absolute Gasteiger partial charge is 0.489 e. The standard InChI is InChI=1S/C17H18O3/c1-12(18)15-7-3-5-9-17(15)19-11-14-10-13-6-2-4-8-16(13)20-14/h2-9,12,14,18H,10-11H2,1H3/t12-,14?/m0/s1. The third kappa shape index (κ3) is 2.63. The Bertz CT molecular complexity index is 567. The lowest BCUT2D eigenvalue weighted by atomic mass is 10.1. The lowest BCUT2D eigenvalue weighted by Crippen LogP contribution is -2.22. The fourth-order valence-corrected chi connectivity index (χ4v) is 2.49. The van der Waals surface area contributed by atoms with Gasteiger partial charge in [-0.3, -0.25) is 0 Å². The van der Waals surface area contributed by atoms with Crippen LogP contribution in [-0.2, 0) is 6.42 Å². The molecule has 0 aromatic heterocycles. The Kier molecular flexibility index (Phi) is 3.61. The molecule has 20 heavy (non-hydrogen) atoms. The van der Waals surface area contributed by atoms with Gasteiger partial charge < -0.3 is 14.6 Å². The number of benzene rings is 2. The summed E-state index contributed by atoms with van der Waals surface area (Å²) in [6.45, 7) is 2.22. The number of rotatable bonds is 4. The number of hydrogen-bond donors (Lipinski definition) is 1. The molecule has 0 radical (unpaired) electrons. The summed E-state index contributed by atoms with van der Waals surface area (Å²) >= 11 is 0. The molecule has 3 heteroatoms. The average Bonchev–Trinajstić information content (AvgIpc) is 2.88. The van der Waals surface area contributed by atoms with Gasteiger partial charge in [0.25, 0.3) is 0 Å². The molecule has 2 aromatic carbocycles.